The Labute approximate surface area is 179 Å². The zero-order chi connectivity index (χ0) is 22.4. The van der Waals surface area contributed by atoms with Gasteiger partial charge in [0.1, 0.15) is 6.10 Å². The fraction of sp³-hybridized carbons (Fsp3) is 0.550. The number of benzene rings is 1. The highest BCUT2D eigenvalue weighted by Crippen LogP contribution is 2.31. The number of aromatic nitrogens is 2. The van der Waals surface area contributed by atoms with Crippen molar-refractivity contribution in [1.29, 1.82) is 0 Å². The van der Waals surface area contributed by atoms with E-state index >= 15 is 0 Å². The molecule has 0 radical (unpaired) electrons. The van der Waals surface area contributed by atoms with Gasteiger partial charge in [-0.2, -0.15) is 18.2 Å². The van der Waals surface area contributed by atoms with E-state index in [0.29, 0.717) is 62.7 Å². The van der Waals surface area contributed by atoms with Crippen molar-refractivity contribution >= 4 is 11.6 Å². The molecule has 1 saturated heterocycles. The van der Waals surface area contributed by atoms with Gasteiger partial charge in [-0.05, 0) is 32.0 Å². The number of ether oxygens (including phenoxy) is 1. The van der Waals surface area contributed by atoms with Crippen LogP contribution in [0.5, 0.6) is 0 Å². The van der Waals surface area contributed by atoms with E-state index in [1.165, 1.54) is 12.1 Å². The fourth-order valence-electron chi connectivity index (χ4n) is 3.37. The van der Waals surface area contributed by atoms with E-state index in [-0.39, 0.29) is 6.10 Å². The van der Waals surface area contributed by atoms with E-state index in [9.17, 15) is 13.2 Å². The Morgan fingerprint density at radius 3 is 2.68 bits per heavy atom. The first kappa shape index (κ1) is 22.9. The molecule has 8 nitrogen and oxygen atoms in total. The van der Waals surface area contributed by atoms with Crippen molar-refractivity contribution in [3.8, 4) is 0 Å². The summed E-state index contributed by atoms with van der Waals surface area (Å²) in [7, 11) is 1.68. The summed E-state index contributed by atoms with van der Waals surface area (Å²) in [5.74, 6) is 1.58. The topological polar surface area (TPSA) is 79.0 Å². The molecule has 11 heteroatoms. The summed E-state index contributed by atoms with van der Waals surface area (Å²) < 4.78 is 49.6. The largest absolute Gasteiger partial charge is 0.416 e. The average molecular weight is 440 g/mol. The van der Waals surface area contributed by atoms with Crippen molar-refractivity contribution in [1.82, 2.24) is 20.4 Å². The van der Waals surface area contributed by atoms with Gasteiger partial charge in [-0.1, -0.05) is 11.2 Å². The number of alkyl halides is 3. The van der Waals surface area contributed by atoms with E-state index in [4.69, 9.17) is 9.26 Å². The summed E-state index contributed by atoms with van der Waals surface area (Å²) >= 11 is 0. The van der Waals surface area contributed by atoms with Gasteiger partial charge in [-0.3, -0.25) is 4.99 Å². The molecule has 0 aliphatic carbocycles. The van der Waals surface area contributed by atoms with Crippen molar-refractivity contribution in [3.05, 3.63) is 41.5 Å². The van der Waals surface area contributed by atoms with Gasteiger partial charge in [0.15, 0.2) is 11.8 Å². The molecule has 2 heterocycles. The number of anilines is 1. The third-order valence-electron chi connectivity index (χ3n) is 4.99. The van der Waals surface area contributed by atoms with Gasteiger partial charge in [-0.15, -0.1) is 0 Å². The van der Waals surface area contributed by atoms with E-state index < -0.39 is 11.7 Å². The molecule has 0 bridgehead atoms. The maximum atomic E-state index is 13.0. The molecule has 1 unspecified atom stereocenters. The molecule has 0 saturated carbocycles. The summed E-state index contributed by atoms with van der Waals surface area (Å²) in [6.45, 7) is 7.02. The predicted molar refractivity (Wildman–Crippen MR) is 110 cm³/mol. The van der Waals surface area contributed by atoms with Crippen LogP contribution in [0.25, 0.3) is 0 Å². The standard InChI is InChI=1S/C20H27F3N6O2/c1-4-30-14(2)18-26-17(31-27-18)13-25-19(24-3)29-10-8-28(9-11-29)16-7-5-6-15(12-16)20(21,22)23/h5-7,12,14H,4,8-11,13H2,1-3H3,(H,24,25). The second-order valence-electron chi connectivity index (χ2n) is 7.07. The highest BCUT2D eigenvalue weighted by atomic mass is 19.4. The number of aliphatic imine (C=N–C) groups is 1. The van der Waals surface area contributed by atoms with E-state index in [0.717, 1.165) is 6.07 Å². The normalized spacial score (nSPS) is 16.5. The van der Waals surface area contributed by atoms with Gasteiger partial charge in [0.2, 0.25) is 5.89 Å². The molecule has 0 amide bonds. The lowest BCUT2D eigenvalue weighted by molar-refractivity contribution is -0.137. The Balaban J connectivity index is 1.54. The lowest BCUT2D eigenvalue weighted by atomic mass is 10.1. The van der Waals surface area contributed by atoms with Crippen molar-refractivity contribution in [2.45, 2.75) is 32.7 Å². The number of nitrogens with zero attached hydrogens (tertiary/aromatic N) is 5. The van der Waals surface area contributed by atoms with Crippen LogP contribution in [0, 0.1) is 0 Å². The van der Waals surface area contributed by atoms with Gasteiger partial charge in [-0.25, -0.2) is 0 Å². The predicted octanol–water partition coefficient (Wildman–Crippen LogP) is 3.08. The minimum Gasteiger partial charge on any atom is -0.371 e. The molecule has 1 N–H and O–H groups in total. The van der Waals surface area contributed by atoms with Gasteiger partial charge in [0.05, 0.1) is 12.1 Å². The van der Waals surface area contributed by atoms with Gasteiger partial charge >= 0.3 is 6.18 Å². The highest BCUT2D eigenvalue weighted by Gasteiger charge is 2.31. The zero-order valence-corrected chi connectivity index (χ0v) is 17.8. The second-order valence-corrected chi connectivity index (χ2v) is 7.07. The molecule has 1 aromatic heterocycles. The number of piperazine rings is 1. The first-order valence-corrected chi connectivity index (χ1v) is 10.1. The number of hydrogen-bond acceptors (Lipinski definition) is 6. The smallest absolute Gasteiger partial charge is 0.371 e. The Hall–Kier alpha value is -2.82. The second kappa shape index (κ2) is 9.99. The molecule has 1 aliphatic heterocycles. The third kappa shape index (κ3) is 5.87. The molecule has 1 fully saturated rings. The first-order chi connectivity index (χ1) is 14.8. The number of rotatable bonds is 6. The van der Waals surface area contributed by atoms with Gasteiger partial charge in [0.25, 0.3) is 0 Å². The quantitative estimate of drug-likeness (QED) is 0.546. The summed E-state index contributed by atoms with van der Waals surface area (Å²) in [5, 5.41) is 7.12. The van der Waals surface area contributed by atoms with Crippen molar-refractivity contribution in [2.24, 2.45) is 4.99 Å². The van der Waals surface area contributed by atoms with Crippen LogP contribution >= 0.6 is 0 Å². The van der Waals surface area contributed by atoms with Crippen molar-refractivity contribution in [2.75, 3.05) is 44.7 Å². The molecule has 3 rings (SSSR count). The minimum atomic E-state index is -4.35. The van der Waals surface area contributed by atoms with Crippen LogP contribution in [-0.4, -0.2) is 60.8 Å². The van der Waals surface area contributed by atoms with Crippen LogP contribution in [0.1, 0.15) is 37.2 Å². The van der Waals surface area contributed by atoms with Crippen LogP contribution in [0.4, 0.5) is 18.9 Å². The Morgan fingerprint density at radius 2 is 2.03 bits per heavy atom. The summed E-state index contributed by atoms with van der Waals surface area (Å²) in [4.78, 5) is 12.6. The lowest BCUT2D eigenvalue weighted by Gasteiger charge is -2.37. The Morgan fingerprint density at radius 1 is 1.29 bits per heavy atom. The minimum absolute atomic E-state index is 0.245. The van der Waals surface area contributed by atoms with Crippen LogP contribution in [0.15, 0.2) is 33.8 Å². The molecule has 1 aromatic carbocycles. The van der Waals surface area contributed by atoms with E-state index in [1.54, 1.807) is 13.1 Å². The molecular weight excluding hydrogens is 413 g/mol. The average Bonchev–Trinajstić information content (AvgIpc) is 3.23. The Bertz CT molecular complexity index is 878. The van der Waals surface area contributed by atoms with Gasteiger partial charge < -0.3 is 24.4 Å². The molecule has 170 valence electrons. The van der Waals surface area contributed by atoms with E-state index in [1.807, 2.05) is 23.6 Å². The highest BCUT2D eigenvalue weighted by molar-refractivity contribution is 5.80. The SMILES string of the molecule is CCOC(C)c1noc(CNC(=NC)N2CCN(c3cccc(C(F)(F)F)c3)CC2)n1. The summed E-state index contributed by atoms with van der Waals surface area (Å²) in [6, 6.07) is 5.42. The first-order valence-electron chi connectivity index (χ1n) is 10.1. The molecule has 1 aliphatic rings. The van der Waals surface area contributed by atoms with Crippen LogP contribution in [-0.2, 0) is 17.5 Å². The molecule has 2 aromatic rings. The van der Waals surface area contributed by atoms with Crippen LogP contribution in [0.3, 0.4) is 0 Å². The number of nitrogens with one attached hydrogen (secondary N) is 1. The lowest BCUT2D eigenvalue weighted by Crippen LogP contribution is -2.52. The Kier molecular flexibility index (Phi) is 7.37. The maximum absolute atomic E-state index is 13.0. The molecule has 0 spiro atoms. The van der Waals surface area contributed by atoms with Crippen LogP contribution in [0.2, 0.25) is 0 Å². The zero-order valence-electron chi connectivity index (χ0n) is 17.8. The van der Waals surface area contributed by atoms with Gasteiger partial charge in [0, 0.05) is 45.5 Å². The fourth-order valence-corrected chi connectivity index (χ4v) is 3.37. The third-order valence-corrected chi connectivity index (χ3v) is 4.99. The van der Waals surface area contributed by atoms with Crippen LogP contribution < -0.4 is 10.2 Å². The number of hydrogen-bond donors (Lipinski definition) is 1. The maximum Gasteiger partial charge on any atom is 0.416 e. The van der Waals surface area contributed by atoms with Crippen molar-refractivity contribution < 1.29 is 22.4 Å². The van der Waals surface area contributed by atoms with E-state index in [2.05, 4.69) is 20.4 Å². The summed E-state index contributed by atoms with van der Waals surface area (Å²) in [5.41, 5.74) is -0.0679. The number of halogens is 3. The van der Waals surface area contributed by atoms with Crippen molar-refractivity contribution in [3.63, 3.8) is 0 Å². The molecule has 31 heavy (non-hydrogen) atoms. The monoisotopic (exact) mass is 440 g/mol. The molecular formula is C20H27F3N6O2. The summed E-state index contributed by atoms with van der Waals surface area (Å²) in [6.07, 6.45) is -4.59. The molecule has 1 atom stereocenters. The number of guanidine groups is 1.